The zero-order chi connectivity index (χ0) is 18.8. The summed E-state index contributed by atoms with van der Waals surface area (Å²) in [7, 11) is 1.62. The fourth-order valence-corrected chi connectivity index (χ4v) is 3.73. The Morgan fingerprint density at radius 2 is 1.96 bits per heavy atom. The topological polar surface area (TPSA) is 65.7 Å². The largest absolute Gasteiger partial charge is 0.497 e. The van der Waals surface area contributed by atoms with Crippen molar-refractivity contribution < 1.29 is 4.74 Å². The van der Waals surface area contributed by atoms with Crippen LogP contribution in [0, 0.1) is 0 Å². The molecule has 0 N–H and O–H groups in total. The minimum Gasteiger partial charge on any atom is -0.497 e. The van der Waals surface area contributed by atoms with E-state index in [-0.39, 0.29) is 0 Å². The lowest BCUT2D eigenvalue weighted by Crippen LogP contribution is -1.98. The molecule has 0 atom stereocenters. The van der Waals surface area contributed by atoms with Gasteiger partial charge < -0.3 is 4.74 Å². The van der Waals surface area contributed by atoms with Gasteiger partial charge in [-0.15, -0.1) is 5.10 Å². The van der Waals surface area contributed by atoms with Gasteiger partial charge in [0.1, 0.15) is 17.1 Å². The summed E-state index contributed by atoms with van der Waals surface area (Å²) in [5.41, 5.74) is 3.14. The summed E-state index contributed by atoms with van der Waals surface area (Å²) in [6.07, 6.45) is 1.51. The van der Waals surface area contributed by atoms with Crippen molar-refractivity contribution in [1.82, 2.24) is 25.0 Å². The molecule has 2 aromatic carbocycles. The maximum absolute atomic E-state index is 6.08. The summed E-state index contributed by atoms with van der Waals surface area (Å²) in [4.78, 5) is 8.70. The van der Waals surface area contributed by atoms with E-state index in [1.165, 1.54) is 6.33 Å². The Morgan fingerprint density at radius 3 is 2.78 bits per heavy atom. The number of thioether (sulfide) groups is 1. The number of benzene rings is 2. The quantitative estimate of drug-likeness (QED) is 0.342. The minimum absolute atomic E-state index is 0.534. The second-order valence-electron chi connectivity index (χ2n) is 5.59. The van der Waals surface area contributed by atoms with Gasteiger partial charge in [0.15, 0.2) is 11.2 Å². The predicted octanol–water partition coefficient (Wildman–Crippen LogP) is 4.82. The summed E-state index contributed by atoms with van der Waals surface area (Å²) in [5, 5.41) is 10.3. The van der Waals surface area contributed by atoms with Crippen molar-refractivity contribution in [1.29, 1.82) is 0 Å². The lowest BCUT2D eigenvalue weighted by Gasteiger charge is -2.05. The first kappa shape index (κ1) is 18.0. The highest BCUT2D eigenvalue weighted by molar-refractivity contribution is 7.98. The van der Waals surface area contributed by atoms with Crippen LogP contribution in [-0.2, 0) is 5.75 Å². The number of hydrogen-bond donors (Lipinski definition) is 0. The van der Waals surface area contributed by atoms with Crippen molar-refractivity contribution in [2.45, 2.75) is 10.8 Å². The summed E-state index contributed by atoms with van der Waals surface area (Å²) in [6.45, 7) is 0. The number of hydrogen-bond acceptors (Lipinski definition) is 6. The van der Waals surface area contributed by atoms with Gasteiger partial charge in [0, 0.05) is 11.8 Å². The van der Waals surface area contributed by atoms with E-state index in [9.17, 15) is 0 Å². The van der Waals surface area contributed by atoms with Crippen LogP contribution in [0.5, 0.6) is 5.75 Å². The summed E-state index contributed by atoms with van der Waals surface area (Å²) >= 11 is 13.6. The van der Waals surface area contributed by atoms with Crippen LogP contribution in [-0.4, -0.2) is 32.1 Å². The van der Waals surface area contributed by atoms with Crippen LogP contribution in [0.25, 0.3) is 16.9 Å². The van der Waals surface area contributed by atoms with E-state index < -0.39 is 0 Å². The van der Waals surface area contributed by atoms with Gasteiger partial charge in [-0.25, -0.2) is 9.97 Å². The highest BCUT2D eigenvalue weighted by atomic mass is 35.5. The molecule has 4 rings (SSSR count). The van der Waals surface area contributed by atoms with Crippen LogP contribution >= 0.6 is 35.0 Å². The normalized spacial score (nSPS) is 11.1. The smallest absolute Gasteiger partial charge is 0.187 e. The maximum atomic E-state index is 6.08. The SMILES string of the molecule is COc1cccc(-n2nnc3c(SCc4ccc(Cl)c(Cl)c4)ncnc32)c1. The number of aromatic nitrogens is 5. The Balaban J connectivity index is 1.65. The Morgan fingerprint density at radius 1 is 1.07 bits per heavy atom. The van der Waals surface area contributed by atoms with E-state index in [1.54, 1.807) is 29.6 Å². The molecule has 136 valence electrons. The van der Waals surface area contributed by atoms with E-state index in [1.807, 2.05) is 36.4 Å². The van der Waals surface area contributed by atoms with Crippen LogP contribution in [0.15, 0.2) is 53.8 Å². The van der Waals surface area contributed by atoms with E-state index in [2.05, 4.69) is 20.3 Å². The summed E-state index contributed by atoms with van der Waals surface area (Å²) < 4.78 is 6.95. The Hall–Kier alpha value is -2.35. The molecule has 0 saturated carbocycles. The van der Waals surface area contributed by atoms with Crippen molar-refractivity contribution in [3.63, 3.8) is 0 Å². The first-order valence-corrected chi connectivity index (χ1v) is 9.67. The van der Waals surface area contributed by atoms with Gasteiger partial charge in [-0.3, -0.25) is 0 Å². The van der Waals surface area contributed by atoms with Crippen LogP contribution < -0.4 is 4.74 Å². The molecule has 0 aliphatic carbocycles. The molecule has 9 heteroatoms. The van der Waals surface area contributed by atoms with Gasteiger partial charge in [0.25, 0.3) is 0 Å². The van der Waals surface area contributed by atoms with Crippen molar-refractivity contribution in [2.75, 3.05) is 7.11 Å². The van der Waals surface area contributed by atoms with Gasteiger partial charge in [-0.1, -0.05) is 52.3 Å². The average Bonchev–Trinajstić information content (AvgIpc) is 3.13. The molecule has 2 aromatic heterocycles. The minimum atomic E-state index is 0.534. The van der Waals surface area contributed by atoms with Crippen molar-refractivity contribution in [3.05, 3.63) is 64.4 Å². The van der Waals surface area contributed by atoms with E-state index in [0.29, 0.717) is 27.0 Å². The zero-order valence-electron chi connectivity index (χ0n) is 14.1. The highest BCUT2D eigenvalue weighted by Crippen LogP contribution is 2.30. The lowest BCUT2D eigenvalue weighted by molar-refractivity contribution is 0.414. The number of nitrogens with zero attached hydrogens (tertiary/aromatic N) is 5. The van der Waals surface area contributed by atoms with Gasteiger partial charge >= 0.3 is 0 Å². The number of halogens is 2. The monoisotopic (exact) mass is 417 g/mol. The number of methoxy groups -OCH3 is 1. The molecule has 2 heterocycles. The molecule has 4 aromatic rings. The molecule has 0 aliphatic rings. The van der Waals surface area contributed by atoms with Crippen LogP contribution in [0.1, 0.15) is 5.56 Å². The summed E-state index contributed by atoms with van der Waals surface area (Å²) in [5.74, 6) is 1.41. The first-order chi connectivity index (χ1) is 13.2. The fraction of sp³-hybridized carbons (Fsp3) is 0.111. The molecule has 0 spiro atoms. The molecule has 0 unspecified atom stereocenters. The molecule has 27 heavy (non-hydrogen) atoms. The van der Waals surface area contributed by atoms with E-state index in [0.717, 1.165) is 22.0 Å². The molecule has 0 aliphatic heterocycles. The van der Waals surface area contributed by atoms with Gasteiger partial charge in [-0.2, -0.15) is 4.68 Å². The number of ether oxygens (including phenoxy) is 1. The standard InChI is InChI=1S/C18H13Cl2N5OS/c1-26-13-4-2-3-12(8-13)25-17-16(23-24-25)18(22-10-21-17)27-9-11-5-6-14(19)15(20)7-11/h2-8,10H,9H2,1H3. The third kappa shape index (κ3) is 3.71. The Kier molecular flexibility index (Phi) is 5.15. The third-order valence-electron chi connectivity index (χ3n) is 3.86. The Labute approximate surface area is 169 Å². The number of fused-ring (bicyclic) bond motifs is 1. The zero-order valence-corrected chi connectivity index (χ0v) is 16.5. The second-order valence-corrected chi connectivity index (χ2v) is 7.37. The molecule has 0 radical (unpaired) electrons. The first-order valence-electron chi connectivity index (χ1n) is 7.93. The molecule has 0 amide bonds. The van der Waals surface area contributed by atoms with Gasteiger partial charge in [-0.05, 0) is 29.8 Å². The third-order valence-corrected chi connectivity index (χ3v) is 5.65. The van der Waals surface area contributed by atoms with Gasteiger partial charge in [0.05, 0.1) is 22.8 Å². The maximum Gasteiger partial charge on any atom is 0.187 e. The molecule has 0 bridgehead atoms. The number of rotatable bonds is 5. The van der Waals surface area contributed by atoms with Crippen LogP contribution in [0.2, 0.25) is 10.0 Å². The molecule has 0 saturated heterocycles. The predicted molar refractivity (Wildman–Crippen MR) is 107 cm³/mol. The van der Waals surface area contributed by atoms with E-state index >= 15 is 0 Å². The average molecular weight is 418 g/mol. The molecule has 6 nitrogen and oxygen atoms in total. The molecule has 0 fully saturated rings. The fourth-order valence-electron chi connectivity index (χ4n) is 2.53. The van der Waals surface area contributed by atoms with E-state index in [4.69, 9.17) is 27.9 Å². The van der Waals surface area contributed by atoms with Crippen molar-refractivity contribution >= 4 is 46.1 Å². The van der Waals surface area contributed by atoms with Crippen molar-refractivity contribution in [2.24, 2.45) is 0 Å². The highest BCUT2D eigenvalue weighted by Gasteiger charge is 2.14. The molecular formula is C18H13Cl2N5OS. The second kappa shape index (κ2) is 7.72. The van der Waals surface area contributed by atoms with Crippen LogP contribution in [0.3, 0.4) is 0 Å². The Bertz CT molecular complexity index is 1120. The summed E-state index contributed by atoms with van der Waals surface area (Å²) in [6, 6.07) is 13.1. The van der Waals surface area contributed by atoms with Gasteiger partial charge in [0.2, 0.25) is 0 Å². The van der Waals surface area contributed by atoms with Crippen molar-refractivity contribution in [3.8, 4) is 11.4 Å². The lowest BCUT2D eigenvalue weighted by atomic mass is 10.2. The van der Waals surface area contributed by atoms with Crippen LogP contribution in [0.4, 0.5) is 0 Å². The molecular weight excluding hydrogens is 405 g/mol.